The van der Waals surface area contributed by atoms with Crippen molar-refractivity contribution >= 4 is 28.8 Å². The molecule has 2 rings (SSSR count). The van der Waals surface area contributed by atoms with Gasteiger partial charge in [0.25, 0.3) is 0 Å². The topological polar surface area (TPSA) is 41.6 Å². The van der Waals surface area contributed by atoms with E-state index in [1.807, 2.05) is 12.1 Å². The van der Waals surface area contributed by atoms with Gasteiger partial charge in [-0.25, -0.2) is 4.99 Å². The summed E-state index contributed by atoms with van der Waals surface area (Å²) in [5.41, 5.74) is 7.74. The summed E-state index contributed by atoms with van der Waals surface area (Å²) >= 11 is 5.60. The van der Waals surface area contributed by atoms with Crippen molar-refractivity contribution in [2.24, 2.45) is 16.6 Å². The second kappa shape index (κ2) is 6.10. The average Bonchev–Trinajstić information content (AvgIpc) is 2.40. The molecular formula is C14H20ClN3. The molecular weight excluding hydrogens is 246 g/mol. The van der Waals surface area contributed by atoms with Crippen molar-refractivity contribution < 1.29 is 0 Å². The Balaban J connectivity index is 2.03. The minimum atomic E-state index is 0.270. The van der Waals surface area contributed by atoms with Gasteiger partial charge < -0.3 is 10.6 Å². The van der Waals surface area contributed by atoms with E-state index in [2.05, 4.69) is 28.9 Å². The van der Waals surface area contributed by atoms with Crippen LogP contribution >= 0.6 is 11.6 Å². The lowest BCUT2D eigenvalue weighted by atomic mass is 9.99. The normalized spacial score (nSPS) is 18.1. The molecule has 2 N–H and O–H groups in total. The average molecular weight is 266 g/mol. The Labute approximate surface area is 114 Å². The molecule has 0 saturated carbocycles. The van der Waals surface area contributed by atoms with Crippen LogP contribution in [-0.4, -0.2) is 24.8 Å². The van der Waals surface area contributed by atoms with Crippen molar-refractivity contribution in [1.82, 2.24) is 0 Å². The van der Waals surface area contributed by atoms with Crippen LogP contribution in [0.25, 0.3) is 0 Å². The van der Waals surface area contributed by atoms with Gasteiger partial charge in [0.1, 0.15) is 5.84 Å². The number of benzene rings is 1. The van der Waals surface area contributed by atoms with Crippen LogP contribution in [0, 0.1) is 5.92 Å². The molecule has 4 heteroatoms. The molecule has 1 aromatic carbocycles. The lowest BCUT2D eigenvalue weighted by Gasteiger charge is -2.32. The van der Waals surface area contributed by atoms with Crippen molar-refractivity contribution in [1.29, 1.82) is 0 Å². The van der Waals surface area contributed by atoms with Gasteiger partial charge in [0, 0.05) is 18.8 Å². The Kier molecular flexibility index (Phi) is 4.48. The standard InChI is InChI=1S/C14H20ClN3/c1-11-6-8-18(9-7-11)13-4-2-12(3-5-13)17-14(16)10-15/h2-5,11H,6-10H2,1H3,(H2,16,17). The zero-order valence-electron chi connectivity index (χ0n) is 10.8. The third kappa shape index (κ3) is 3.39. The molecule has 0 unspecified atom stereocenters. The Morgan fingerprint density at radius 3 is 2.50 bits per heavy atom. The van der Waals surface area contributed by atoms with E-state index in [4.69, 9.17) is 17.3 Å². The van der Waals surface area contributed by atoms with Crippen molar-refractivity contribution in [2.75, 3.05) is 23.9 Å². The number of anilines is 1. The van der Waals surface area contributed by atoms with Crippen LogP contribution in [0.4, 0.5) is 11.4 Å². The predicted molar refractivity (Wildman–Crippen MR) is 79.1 cm³/mol. The molecule has 98 valence electrons. The van der Waals surface area contributed by atoms with Gasteiger partial charge in [0.15, 0.2) is 0 Å². The summed E-state index contributed by atoms with van der Waals surface area (Å²) < 4.78 is 0. The second-order valence-corrected chi connectivity index (χ2v) is 5.19. The van der Waals surface area contributed by atoms with Crippen molar-refractivity contribution in [3.05, 3.63) is 24.3 Å². The number of rotatable bonds is 3. The summed E-state index contributed by atoms with van der Waals surface area (Å²) in [6, 6.07) is 8.20. The molecule has 1 aliphatic heterocycles. The zero-order chi connectivity index (χ0) is 13.0. The summed E-state index contributed by atoms with van der Waals surface area (Å²) in [6.45, 7) is 4.62. The van der Waals surface area contributed by atoms with Gasteiger partial charge >= 0.3 is 0 Å². The Morgan fingerprint density at radius 1 is 1.33 bits per heavy atom. The number of alkyl halides is 1. The Bertz CT molecular complexity index is 406. The highest BCUT2D eigenvalue weighted by atomic mass is 35.5. The minimum absolute atomic E-state index is 0.270. The fourth-order valence-corrected chi connectivity index (χ4v) is 2.26. The molecule has 0 spiro atoms. The highest BCUT2D eigenvalue weighted by Crippen LogP contribution is 2.24. The first kappa shape index (κ1) is 13.2. The van der Waals surface area contributed by atoms with E-state index in [9.17, 15) is 0 Å². The number of amidine groups is 1. The summed E-state index contributed by atoms with van der Waals surface area (Å²) in [5.74, 6) is 1.58. The fourth-order valence-electron chi connectivity index (χ4n) is 2.20. The van der Waals surface area contributed by atoms with E-state index in [1.54, 1.807) is 0 Å². The lowest BCUT2D eigenvalue weighted by molar-refractivity contribution is 0.438. The maximum Gasteiger partial charge on any atom is 0.115 e. The number of halogens is 1. The molecule has 0 amide bonds. The first-order valence-corrected chi connectivity index (χ1v) is 6.96. The number of hydrogen-bond acceptors (Lipinski definition) is 2. The van der Waals surface area contributed by atoms with Gasteiger partial charge in [-0.2, -0.15) is 0 Å². The van der Waals surface area contributed by atoms with E-state index in [-0.39, 0.29) is 5.88 Å². The molecule has 0 aliphatic carbocycles. The van der Waals surface area contributed by atoms with Crippen LogP contribution in [0.3, 0.4) is 0 Å². The minimum Gasteiger partial charge on any atom is -0.386 e. The quantitative estimate of drug-likeness (QED) is 0.518. The molecule has 18 heavy (non-hydrogen) atoms. The Hall–Kier alpha value is -1.22. The van der Waals surface area contributed by atoms with Crippen LogP contribution in [0.1, 0.15) is 19.8 Å². The van der Waals surface area contributed by atoms with Crippen molar-refractivity contribution in [3.63, 3.8) is 0 Å². The second-order valence-electron chi connectivity index (χ2n) is 4.92. The number of piperidine rings is 1. The third-order valence-corrected chi connectivity index (χ3v) is 3.68. The van der Waals surface area contributed by atoms with Crippen LogP contribution in [0.15, 0.2) is 29.3 Å². The molecule has 1 saturated heterocycles. The lowest BCUT2D eigenvalue weighted by Crippen LogP contribution is -2.32. The van der Waals surface area contributed by atoms with Gasteiger partial charge in [0.2, 0.25) is 0 Å². The molecule has 0 bridgehead atoms. The predicted octanol–water partition coefficient (Wildman–Crippen LogP) is 3.15. The summed E-state index contributed by atoms with van der Waals surface area (Å²) in [4.78, 5) is 6.65. The summed E-state index contributed by atoms with van der Waals surface area (Å²) in [7, 11) is 0. The number of nitrogens with two attached hydrogens (primary N) is 1. The molecule has 0 atom stereocenters. The molecule has 1 heterocycles. The first-order chi connectivity index (χ1) is 8.69. The molecule has 1 aliphatic rings. The largest absolute Gasteiger partial charge is 0.386 e. The number of aliphatic imine (C=N–C) groups is 1. The SMILES string of the molecule is CC1CCN(c2ccc(N=C(N)CCl)cc2)CC1. The number of nitrogens with zero attached hydrogens (tertiary/aromatic N) is 2. The van der Waals surface area contributed by atoms with Gasteiger partial charge in [-0.15, -0.1) is 11.6 Å². The van der Waals surface area contributed by atoms with E-state index < -0.39 is 0 Å². The highest BCUT2D eigenvalue weighted by molar-refractivity contribution is 6.28. The monoisotopic (exact) mass is 265 g/mol. The van der Waals surface area contributed by atoms with Crippen molar-refractivity contribution in [2.45, 2.75) is 19.8 Å². The van der Waals surface area contributed by atoms with Gasteiger partial charge in [-0.05, 0) is 43.0 Å². The summed E-state index contributed by atoms with van der Waals surface area (Å²) in [5, 5.41) is 0. The Morgan fingerprint density at radius 2 is 1.94 bits per heavy atom. The van der Waals surface area contributed by atoms with Crippen LogP contribution in [0.5, 0.6) is 0 Å². The van der Waals surface area contributed by atoms with Crippen LogP contribution in [0.2, 0.25) is 0 Å². The molecule has 1 fully saturated rings. The smallest absolute Gasteiger partial charge is 0.115 e. The highest BCUT2D eigenvalue weighted by Gasteiger charge is 2.15. The van der Waals surface area contributed by atoms with E-state index in [0.29, 0.717) is 5.84 Å². The van der Waals surface area contributed by atoms with Gasteiger partial charge in [-0.3, -0.25) is 0 Å². The van der Waals surface area contributed by atoms with E-state index in [1.165, 1.54) is 18.5 Å². The molecule has 0 radical (unpaired) electrons. The van der Waals surface area contributed by atoms with Crippen LogP contribution < -0.4 is 10.6 Å². The molecule has 3 nitrogen and oxygen atoms in total. The molecule has 1 aromatic rings. The fraction of sp³-hybridized carbons (Fsp3) is 0.500. The van der Waals surface area contributed by atoms with Gasteiger partial charge in [0.05, 0.1) is 11.6 Å². The third-order valence-electron chi connectivity index (χ3n) is 3.41. The van der Waals surface area contributed by atoms with Crippen LogP contribution in [-0.2, 0) is 0 Å². The maximum absolute atomic E-state index is 5.61. The maximum atomic E-state index is 5.61. The number of hydrogen-bond donors (Lipinski definition) is 1. The van der Waals surface area contributed by atoms with Crippen molar-refractivity contribution in [3.8, 4) is 0 Å². The van der Waals surface area contributed by atoms with E-state index >= 15 is 0 Å². The van der Waals surface area contributed by atoms with Gasteiger partial charge in [-0.1, -0.05) is 6.92 Å². The zero-order valence-corrected chi connectivity index (χ0v) is 11.5. The van der Waals surface area contributed by atoms with E-state index in [0.717, 1.165) is 24.7 Å². The summed E-state index contributed by atoms with van der Waals surface area (Å²) in [6.07, 6.45) is 2.55. The first-order valence-electron chi connectivity index (χ1n) is 6.43. The molecule has 0 aromatic heterocycles.